The van der Waals surface area contributed by atoms with Crippen LogP contribution in [-0.2, 0) is 4.79 Å². The zero-order valence-corrected chi connectivity index (χ0v) is 6.00. The standard InChI is InChI=1S/C4H7ClO2.ClH/c1-3(2-5)4(6)7;/h3H,2H2,1H3,(H,6,7);1H. The fourth-order valence-corrected chi connectivity index (χ4v) is 0.198. The molecule has 0 aliphatic carbocycles. The van der Waals surface area contributed by atoms with Gasteiger partial charge >= 0.3 is 5.97 Å². The summed E-state index contributed by atoms with van der Waals surface area (Å²) in [6, 6.07) is 0. The number of carbonyl (C=O) groups is 1. The SMILES string of the molecule is CC(CCl)C(=O)O.Cl. The summed E-state index contributed by atoms with van der Waals surface area (Å²) in [5.74, 6) is -1.06. The first-order valence-electron chi connectivity index (χ1n) is 1.97. The lowest BCUT2D eigenvalue weighted by atomic mass is 10.2. The Morgan fingerprint density at radius 2 is 2.25 bits per heavy atom. The summed E-state index contributed by atoms with van der Waals surface area (Å²) in [4.78, 5) is 9.85. The molecule has 0 rings (SSSR count). The van der Waals surface area contributed by atoms with Crippen LogP contribution in [0.5, 0.6) is 0 Å². The highest BCUT2D eigenvalue weighted by atomic mass is 35.5. The van der Waals surface area contributed by atoms with E-state index in [1.165, 1.54) is 0 Å². The summed E-state index contributed by atoms with van der Waals surface area (Å²) in [6.45, 7) is 1.56. The van der Waals surface area contributed by atoms with Gasteiger partial charge in [-0.05, 0) is 0 Å². The van der Waals surface area contributed by atoms with Crippen LogP contribution in [0.1, 0.15) is 6.92 Å². The van der Waals surface area contributed by atoms with Crippen LogP contribution >= 0.6 is 24.0 Å². The minimum absolute atomic E-state index is 0. The average Bonchev–Trinajstić information content (AvgIpc) is 1.65. The van der Waals surface area contributed by atoms with Crippen LogP contribution in [0, 0.1) is 5.92 Å². The van der Waals surface area contributed by atoms with Crippen molar-refractivity contribution in [1.82, 2.24) is 0 Å². The Labute approximate surface area is 59.2 Å². The van der Waals surface area contributed by atoms with Crippen molar-refractivity contribution < 1.29 is 9.90 Å². The Kier molecular flexibility index (Phi) is 7.09. The van der Waals surface area contributed by atoms with Gasteiger partial charge < -0.3 is 5.11 Å². The van der Waals surface area contributed by atoms with Gasteiger partial charge in [0.25, 0.3) is 0 Å². The zero-order valence-electron chi connectivity index (χ0n) is 4.43. The normalized spacial score (nSPS) is 11.8. The molecule has 0 aliphatic heterocycles. The first-order chi connectivity index (χ1) is 3.18. The number of alkyl halides is 1. The predicted molar refractivity (Wildman–Crippen MR) is 34.8 cm³/mol. The highest BCUT2D eigenvalue weighted by molar-refractivity contribution is 6.19. The molecule has 2 nitrogen and oxygen atoms in total. The van der Waals surface area contributed by atoms with Crippen molar-refractivity contribution in [3.63, 3.8) is 0 Å². The lowest BCUT2D eigenvalue weighted by Gasteiger charge is -1.94. The highest BCUT2D eigenvalue weighted by Crippen LogP contribution is 1.95. The second-order valence-corrected chi connectivity index (χ2v) is 1.70. The lowest BCUT2D eigenvalue weighted by molar-refractivity contribution is -0.140. The summed E-state index contributed by atoms with van der Waals surface area (Å²) in [5.41, 5.74) is 0. The Bertz CT molecular complexity index is 74.4. The van der Waals surface area contributed by atoms with Crippen LogP contribution < -0.4 is 0 Å². The third-order valence-electron chi connectivity index (χ3n) is 0.653. The molecule has 0 aromatic rings. The topological polar surface area (TPSA) is 37.3 Å². The molecule has 0 aliphatic rings. The fourth-order valence-electron chi connectivity index (χ4n) is 0.0660. The molecule has 1 unspecified atom stereocenters. The molecule has 0 saturated carbocycles. The van der Waals surface area contributed by atoms with Crippen LogP contribution in [-0.4, -0.2) is 17.0 Å². The van der Waals surface area contributed by atoms with Gasteiger partial charge in [0.2, 0.25) is 0 Å². The predicted octanol–water partition coefficient (Wildman–Crippen LogP) is 1.37. The van der Waals surface area contributed by atoms with Crippen molar-refractivity contribution in [3.8, 4) is 0 Å². The van der Waals surface area contributed by atoms with Crippen LogP contribution in [0.2, 0.25) is 0 Å². The monoisotopic (exact) mass is 158 g/mol. The molecular weight excluding hydrogens is 151 g/mol. The number of hydrogen-bond acceptors (Lipinski definition) is 1. The van der Waals surface area contributed by atoms with Crippen molar-refractivity contribution in [1.29, 1.82) is 0 Å². The van der Waals surface area contributed by atoms with Gasteiger partial charge in [-0.25, -0.2) is 0 Å². The maximum absolute atomic E-state index is 9.85. The van der Waals surface area contributed by atoms with Gasteiger partial charge in [0, 0.05) is 5.88 Å². The number of rotatable bonds is 2. The van der Waals surface area contributed by atoms with E-state index in [9.17, 15) is 4.79 Å². The van der Waals surface area contributed by atoms with E-state index >= 15 is 0 Å². The van der Waals surface area contributed by atoms with Crippen molar-refractivity contribution in [2.24, 2.45) is 5.92 Å². The first-order valence-corrected chi connectivity index (χ1v) is 2.50. The number of carboxylic acids is 1. The molecule has 1 N–H and O–H groups in total. The number of aliphatic carboxylic acids is 1. The molecular formula is C4H8Cl2O2. The van der Waals surface area contributed by atoms with Crippen molar-refractivity contribution >= 4 is 30.0 Å². The molecule has 0 bridgehead atoms. The summed E-state index contributed by atoms with van der Waals surface area (Å²) < 4.78 is 0. The molecule has 0 amide bonds. The van der Waals surface area contributed by atoms with Gasteiger partial charge in [0.1, 0.15) is 0 Å². The number of hydrogen-bond donors (Lipinski definition) is 1. The second-order valence-electron chi connectivity index (χ2n) is 1.39. The van der Waals surface area contributed by atoms with Gasteiger partial charge in [0.15, 0.2) is 0 Å². The molecule has 0 spiro atoms. The molecule has 0 heterocycles. The van der Waals surface area contributed by atoms with E-state index < -0.39 is 11.9 Å². The number of halogens is 2. The maximum atomic E-state index is 9.85. The molecule has 4 heteroatoms. The third kappa shape index (κ3) is 4.22. The average molecular weight is 159 g/mol. The van der Waals surface area contributed by atoms with Crippen LogP contribution in [0.25, 0.3) is 0 Å². The van der Waals surface area contributed by atoms with E-state index in [4.69, 9.17) is 16.7 Å². The van der Waals surface area contributed by atoms with Gasteiger partial charge in [-0.1, -0.05) is 6.92 Å². The van der Waals surface area contributed by atoms with E-state index in [1.54, 1.807) is 6.92 Å². The summed E-state index contributed by atoms with van der Waals surface area (Å²) >= 11 is 5.17. The molecule has 50 valence electrons. The molecule has 0 fully saturated rings. The van der Waals surface area contributed by atoms with Crippen LogP contribution in [0.3, 0.4) is 0 Å². The summed E-state index contributed by atoms with van der Waals surface area (Å²) in [6.07, 6.45) is 0. The van der Waals surface area contributed by atoms with Crippen LogP contribution in [0.15, 0.2) is 0 Å². The second kappa shape index (κ2) is 5.19. The minimum Gasteiger partial charge on any atom is -0.481 e. The summed E-state index contributed by atoms with van der Waals surface area (Å²) in [7, 11) is 0. The van der Waals surface area contributed by atoms with E-state index in [0.717, 1.165) is 0 Å². The van der Waals surface area contributed by atoms with Crippen molar-refractivity contribution in [2.75, 3.05) is 5.88 Å². The molecule has 0 radical (unpaired) electrons. The Morgan fingerprint density at radius 1 is 1.88 bits per heavy atom. The molecule has 0 aromatic carbocycles. The summed E-state index contributed by atoms with van der Waals surface area (Å²) in [5, 5.41) is 8.10. The third-order valence-corrected chi connectivity index (χ3v) is 1.12. The largest absolute Gasteiger partial charge is 0.481 e. The quantitative estimate of drug-likeness (QED) is 0.617. The van der Waals surface area contributed by atoms with Gasteiger partial charge in [0.05, 0.1) is 5.92 Å². The van der Waals surface area contributed by atoms with Gasteiger partial charge in [-0.3, -0.25) is 4.79 Å². The van der Waals surface area contributed by atoms with Crippen LogP contribution in [0.4, 0.5) is 0 Å². The fraction of sp³-hybridized carbons (Fsp3) is 0.750. The molecule has 8 heavy (non-hydrogen) atoms. The Hall–Kier alpha value is 0.0500. The highest BCUT2D eigenvalue weighted by Gasteiger charge is 2.06. The Balaban J connectivity index is 0. The minimum atomic E-state index is -0.838. The van der Waals surface area contributed by atoms with Crippen molar-refractivity contribution in [3.05, 3.63) is 0 Å². The Morgan fingerprint density at radius 3 is 2.25 bits per heavy atom. The molecule has 0 aromatic heterocycles. The van der Waals surface area contributed by atoms with Gasteiger partial charge in [-0.15, -0.1) is 24.0 Å². The maximum Gasteiger partial charge on any atom is 0.307 e. The van der Waals surface area contributed by atoms with E-state index in [0.29, 0.717) is 0 Å². The van der Waals surface area contributed by atoms with Gasteiger partial charge in [-0.2, -0.15) is 0 Å². The van der Waals surface area contributed by atoms with E-state index in [-0.39, 0.29) is 18.3 Å². The van der Waals surface area contributed by atoms with E-state index in [2.05, 4.69) is 0 Å². The zero-order chi connectivity index (χ0) is 5.86. The number of carboxylic acid groups (broad SMARTS) is 1. The van der Waals surface area contributed by atoms with Crippen molar-refractivity contribution in [2.45, 2.75) is 6.92 Å². The first kappa shape index (κ1) is 10.9. The lowest BCUT2D eigenvalue weighted by Crippen LogP contribution is -2.09. The van der Waals surface area contributed by atoms with E-state index in [1.807, 2.05) is 0 Å². The molecule has 0 saturated heterocycles. The smallest absolute Gasteiger partial charge is 0.307 e. The molecule has 1 atom stereocenters.